The van der Waals surface area contributed by atoms with E-state index in [1.165, 1.54) is 0 Å². The monoisotopic (exact) mass is 245 g/mol. The van der Waals surface area contributed by atoms with Gasteiger partial charge in [0.2, 0.25) is 0 Å². The molecule has 0 fully saturated rings. The minimum absolute atomic E-state index is 0.188. The van der Waals surface area contributed by atoms with Crippen molar-refractivity contribution in [2.24, 2.45) is 5.73 Å². The highest BCUT2D eigenvalue weighted by atomic mass is 16.5. The van der Waals surface area contributed by atoms with Gasteiger partial charge >= 0.3 is 0 Å². The van der Waals surface area contributed by atoms with Crippen LogP contribution in [0, 0.1) is 0 Å². The van der Waals surface area contributed by atoms with E-state index in [0.29, 0.717) is 12.4 Å². The van der Waals surface area contributed by atoms with Gasteiger partial charge in [0, 0.05) is 0 Å². The average molecular weight is 245 g/mol. The highest BCUT2D eigenvalue weighted by Crippen LogP contribution is 2.19. The first-order chi connectivity index (χ1) is 8.65. The fourth-order valence-electron chi connectivity index (χ4n) is 1.58. The van der Waals surface area contributed by atoms with Gasteiger partial charge in [-0.05, 0) is 42.0 Å². The third-order valence-corrected chi connectivity index (χ3v) is 2.56. The molecule has 0 bridgehead atoms. The highest BCUT2D eigenvalue weighted by molar-refractivity contribution is 5.31. The number of phenols is 2. The molecule has 0 heterocycles. The van der Waals surface area contributed by atoms with Crippen molar-refractivity contribution in [2.45, 2.75) is 6.04 Å². The van der Waals surface area contributed by atoms with Crippen LogP contribution in [0.25, 0.3) is 0 Å². The second kappa shape index (κ2) is 5.42. The second-order valence-electron chi connectivity index (χ2n) is 4.01. The quantitative estimate of drug-likeness (QED) is 0.771. The molecule has 2 rings (SSSR count). The van der Waals surface area contributed by atoms with Crippen LogP contribution in [0.3, 0.4) is 0 Å². The summed E-state index contributed by atoms with van der Waals surface area (Å²) < 4.78 is 5.50. The average Bonchev–Trinajstić information content (AvgIpc) is 2.38. The van der Waals surface area contributed by atoms with Gasteiger partial charge in [0.15, 0.2) is 0 Å². The van der Waals surface area contributed by atoms with Crippen LogP contribution in [-0.4, -0.2) is 16.8 Å². The van der Waals surface area contributed by atoms with Crippen molar-refractivity contribution >= 4 is 0 Å². The fourth-order valence-corrected chi connectivity index (χ4v) is 1.58. The summed E-state index contributed by atoms with van der Waals surface area (Å²) >= 11 is 0. The van der Waals surface area contributed by atoms with Crippen LogP contribution in [0.5, 0.6) is 17.2 Å². The number of hydrogen-bond acceptors (Lipinski definition) is 4. The molecule has 1 atom stereocenters. The summed E-state index contributed by atoms with van der Waals surface area (Å²) in [5.74, 6) is 1.02. The van der Waals surface area contributed by atoms with Crippen LogP contribution in [-0.2, 0) is 0 Å². The van der Waals surface area contributed by atoms with Crippen molar-refractivity contribution in [2.75, 3.05) is 6.61 Å². The van der Waals surface area contributed by atoms with Crippen LogP contribution in [0.2, 0.25) is 0 Å². The molecular formula is C14H15NO3. The standard InChI is InChI=1S/C14H15NO3/c15-14(10-2-1-3-12(17)8-10)9-18-13-6-4-11(16)5-7-13/h1-8,14,16-17H,9,15H2. The molecule has 94 valence electrons. The Morgan fingerprint density at radius 3 is 2.39 bits per heavy atom. The molecule has 0 radical (unpaired) electrons. The maximum Gasteiger partial charge on any atom is 0.119 e. The number of hydrogen-bond donors (Lipinski definition) is 3. The largest absolute Gasteiger partial charge is 0.508 e. The summed E-state index contributed by atoms with van der Waals surface area (Å²) in [6, 6.07) is 12.9. The maximum absolute atomic E-state index is 9.35. The molecule has 1 unspecified atom stereocenters. The SMILES string of the molecule is NC(COc1ccc(O)cc1)c1cccc(O)c1. The smallest absolute Gasteiger partial charge is 0.119 e. The molecule has 4 heteroatoms. The number of benzene rings is 2. The number of aromatic hydroxyl groups is 2. The van der Waals surface area contributed by atoms with Crippen LogP contribution >= 0.6 is 0 Å². The van der Waals surface area contributed by atoms with Gasteiger partial charge in [0.05, 0.1) is 6.04 Å². The van der Waals surface area contributed by atoms with Crippen LogP contribution in [0.15, 0.2) is 48.5 Å². The third-order valence-electron chi connectivity index (χ3n) is 2.56. The van der Waals surface area contributed by atoms with Gasteiger partial charge in [0.1, 0.15) is 23.9 Å². The molecule has 0 aromatic heterocycles. The lowest BCUT2D eigenvalue weighted by atomic mass is 10.1. The normalized spacial score (nSPS) is 12.1. The molecule has 2 aromatic rings. The molecule has 0 saturated heterocycles. The van der Waals surface area contributed by atoms with Crippen molar-refractivity contribution < 1.29 is 14.9 Å². The molecule has 0 spiro atoms. The first kappa shape index (κ1) is 12.3. The van der Waals surface area contributed by atoms with E-state index in [1.54, 1.807) is 42.5 Å². The van der Waals surface area contributed by atoms with Crippen molar-refractivity contribution in [3.05, 3.63) is 54.1 Å². The summed E-state index contributed by atoms with van der Waals surface area (Å²) in [6.07, 6.45) is 0. The van der Waals surface area contributed by atoms with Gasteiger partial charge in [-0.1, -0.05) is 12.1 Å². The minimum atomic E-state index is -0.314. The number of nitrogens with two attached hydrogens (primary N) is 1. The molecule has 0 saturated carbocycles. The van der Waals surface area contributed by atoms with E-state index < -0.39 is 0 Å². The maximum atomic E-state index is 9.35. The molecule has 0 aliphatic rings. The molecule has 2 aromatic carbocycles. The second-order valence-corrected chi connectivity index (χ2v) is 4.01. The van der Waals surface area contributed by atoms with Crippen molar-refractivity contribution in [1.29, 1.82) is 0 Å². The van der Waals surface area contributed by atoms with E-state index in [-0.39, 0.29) is 17.5 Å². The molecule has 0 amide bonds. The Bertz CT molecular complexity index is 511. The molecule has 18 heavy (non-hydrogen) atoms. The van der Waals surface area contributed by atoms with E-state index in [2.05, 4.69) is 0 Å². The Labute approximate surface area is 105 Å². The Morgan fingerprint density at radius 1 is 1.00 bits per heavy atom. The first-order valence-corrected chi connectivity index (χ1v) is 5.61. The summed E-state index contributed by atoms with van der Waals surface area (Å²) in [4.78, 5) is 0. The molecule has 0 aliphatic heterocycles. The molecule has 0 aliphatic carbocycles. The zero-order chi connectivity index (χ0) is 13.0. The van der Waals surface area contributed by atoms with E-state index in [4.69, 9.17) is 15.6 Å². The Morgan fingerprint density at radius 2 is 1.72 bits per heavy atom. The van der Waals surface area contributed by atoms with E-state index >= 15 is 0 Å². The Kier molecular flexibility index (Phi) is 3.69. The Hall–Kier alpha value is -2.20. The lowest BCUT2D eigenvalue weighted by Gasteiger charge is -2.13. The van der Waals surface area contributed by atoms with Gasteiger partial charge < -0.3 is 20.7 Å². The predicted molar refractivity (Wildman–Crippen MR) is 68.6 cm³/mol. The van der Waals surface area contributed by atoms with Crippen LogP contribution < -0.4 is 10.5 Å². The van der Waals surface area contributed by atoms with E-state index in [0.717, 1.165) is 5.56 Å². The van der Waals surface area contributed by atoms with E-state index in [9.17, 15) is 5.11 Å². The predicted octanol–water partition coefficient (Wildman–Crippen LogP) is 2.18. The Balaban J connectivity index is 1.96. The van der Waals surface area contributed by atoms with Crippen LogP contribution in [0.1, 0.15) is 11.6 Å². The molecular weight excluding hydrogens is 230 g/mol. The van der Waals surface area contributed by atoms with E-state index in [1.807, 2.05) is 6.07 Å². The summed E-state index contributed by atoms with van der Waals surface area (Å²) in [7, 11) is 0. The lowest BCUT2D eigenvalue weighted by molar-refractivity contribution is 0.290. The summed E-state index contributed by atoms with van der Waals surface area (Å²) in [5.41, 5.74) is 6.77. The third kappa shape index (κ3) is 3.15. The van der Waals surface area contributed by atoms with Crippen molar-refractivity contribution in [1.82, 2.24) is 0 Å². The lowest BCUT2D eigenvalue weighted by Crippen LogP contribution is -2.18. The van der Waals surface area contributed by atoms with Gasteiger partial charge in [-0.25, -0.2) is 0 Å². The zero-order valence-electron chi connectivity index (χ0n) is 9.78. The van der Waals surface area contributed by atoms with Crippen molar-refractivity contribution in [3.8, 4) is 17.2 Å². The molecule has 4 nitrogen and oxygen atoms in total. The number of ether oxygens (including phenoxy) is 1. The fraction of sp³-hybridized carbons (Fsp3) is 0.143. The van der Waals surface area contributed by atoms with Crippen LogP contribution in [0.4, 0.5) is 0 Å². The highest BCUT2D eigenvalue weighted by Gasteiger charge is 2.07. The summed E-state index contributed by atoms with van der Waals surface area (Å²) in [6.45, 7) is 0.300. The number of phenolic OH excluding ortho intramolecular Hbond substituents is 2. The number of rotatable bonds is 4. The van der Waals surface area contributed by atoms with Gasteiger partial charge in [-0.2, -0.15) is 0 Å². The molecule has 4 N–H and O–H groups in total. The van der Waals surface area contributed by atoms with Gasteiger partial charge in [0.25, 0.3) is 0 Å². The first-order valence-electron chi connectivity index (χ1n) is 5.61. The topological polar surface area (TPSA) is 75.7 Å². The zero-order valence-corrected chi connectivity index (χ0v) is 9.78. The minimum Gasteiger partial charge on any atom is -0.508 e. The summed E-state index contributed by atoms with van der Waals surface area (Å²) in [5, 5.41) is 18.5. The van der Waals surface area contributed by atoms with Crippen molar-refractivity contribution in [3.63, 3.8) is 0 Å². The van der Waals surface area contributed by atoms with Gasteiger partial charge in [-0.15, -0.1) is 0 Å². The van der Waals surface area contributed by atoms with Gasteiger partial charge in [-0.3, -0.25) is 0 Å².